The van der Waals surface area contributed by atoms with Gasteiger partial charge in [-0.3, -0.25) is 9.59 Å². The van der Waals surface area contributed by atoms with Crippen molar-refractivity contribution in [1.82, 2.24) is 10.3 Å². The highest BCUT2D eigenvalue weighted by molar-refractivity contribution is 6.08. The summed E-state index contributed by atoms with van der Waals surface area (Å²) in [5.74, 6) is -0.420. The lowest BCUT2D eigenvalue weighted by Gasteiger charge is -2.17. The van der Waals surface area contributed by atoms with Gasteiger partial charge in [-0.2, -0.15) is 0 Å². The van der Waals surface area contributed by atoms with Gasteiger partial charge in [0.25, 0.3) is 5.91 Å². The van der Waals surface area contributed by atoms with Crippen molar-refractivity contribution in [2.75, 3.05) is 0 Å². The van der Waals surface area contributed by atoms with Crippen LogP contribution in [0.4, 0.5) is 0 Å². The van der Waals surface area contributed by atoms with Crippen LogP contribution in [0.1, 0.15) is 28.9 Å². The number of carbonyl (C=O) groups excluding carboxylic acids is 2. The Bertz CT molecular complexity index is 1170. The lowest BCUT2D eigenvalue weighted by atomic mass is 10.0. The summed E-state index contributed by atoms with van der Waals surface area (Å²) in [6.07, 6.45) is 0. The van der Waals surface area contributed by atoms with Gasteiger partial charge in [-0.15, -0.1) is 0 Å². The molecule has 0 fully saturated rings. The fourth-order valence-corrected chi connectivity index (χ4v) is 3.39. The maximum absolute atomic E-state index is 13.2. The maximum Gasteiger partial charge on any atom is 0.252 e. The van der Waals surface area contributed by atoms with Gasteiger partial charge in [0.2, 0.25) is 0 Å². The Morgan fingerprint density at radius 1 is 0.828 bits per heavy atom. The van der Waals surface area contributed by atoms with E-state index in [-0.39, 0.29) is 11.7 Å². The highest BCUT2D eigenvalue weighted by Gasteiger charge is 2.22. The van der Waals surface area contributed by atoms with Crippen LogP contribution in [0.2, 0.25) is 0 Å². The molecule has 1 aromatic heterocycles. The molecule has 4 rings (SSSR count). The van der Waals surface area contributed by atoms with Crippen molar-refractivity contribution in [3.05, 3.63) is 102 Å². The number of carbonyl (C=O) groups is 2. The van der Waals surface area contributed by atoms with Crippen molar-refractivity contribution in [2.45, 2.75) is 13.0 Å². The summed E-state index contributed by atoms with van der Waals surface area (Å²) in [6.45, 7) is 1.48. The lowest BCUT2D eigenvalue weighted by Crippen LogP contribution is -2.33. The second-order valence-corrected chi connectivity index (χ2v) is 6.87. The summed E-state index contributed by atoms with van der Waals surface area (Å²) >= 11 is 0. The smallest absolute Gasteiger partial charge is 0.252 e. The number of ketones is 1. The van der Waals surface area contributed by atoms with Crippen LogP contribution in [0.5, 0.6) is 0 Å². The van der Waals surface area contributed by atoms with E-state index in [0.29, 0.717) is 11.3 Å². The molecule has 4 aromatic rings. The molecule has 0 bridgehead atoms. The normalized spacial score (nSPS) is 11.8. The van der Waals surface area contributed by atoms with Crippen molar-refractivity contribution in [1.29, 1.82) is 0 Å². The van der Waals surface area contributed by atoms with E-state index in [1.54, 1.807) is 6.07 Å². The van der Waals surface area contributed by atoms with E-state index < -0.39 is 6.04 Å². The van der Waals surface area contributed by atoms with E-state index in [9.17, 15) is 9.59 Å². The average molecular weight is 380 g/mol. The van der Waals surface area contributed by atoms with Gasteiger partial charge in [0.1, 0.15) is 6.04 Å². The largest absolute Gasteiger partial charge is 0.338 e. The third-order valence-electron chi connectivity index (χ3n) is 4.85. The Kier molecular flexibility index (Phi) is 5.16. The average Bonchev–Trinajstić information content (AvgIpc) is 2.77. The number of hydrogen-bond donors (Lipinski definition) is 1. The summed E-state index contributed by atoms with van der Waals surface area (Å²) in [4.78, 5) is 30.2. The molecule has 0 aliphatic carbocycles. The molecule has 1 heterocycles. The molecular formula is C25H20N2O2. The van der Waals surface area contributed by atoms with E-state index in [4.69, 9.17) is 4.98 Å². The fourth-order valence-electron chi connectivity index (χ4n) is 3.39. The number of rotatable bonds is 5. The van der Waals surface area contributed by atoms with Crippen molar-refractivity contribution >= 4 is 22.6 Å². The van der Waals surface area contributed by atoms with Gasteiger partial charge >= 0.3 is 0 Å². The van der Waals surface area contributed by atoms with Crippen LogP contribution in [-0.2, 0) is 4.79 Å². The topological polar surface area (TPSA) is 59.1 Å². The first-order chi connectivity index (χ1) is 14.1. The third kappa shape index (κ3) is 3.92. The van der Waals surface area contributed by atoms with Crippen molar-refractivity contribution in [2.24, 2.45) is 0 Å². The van der Waals surface area contributed by atoms with E-state index in [1.807, 2.05) is 84.9 Å². The summed E-state index contributed by atoms with van der Waals surface area (Å²) in [5.41, 5.74) is 3.64. The highest BCUT2D eigenvalue weighted by atomic mass is 16.2. The van der Waals surface area contributed by atoms with Gasteiger partial charge < -0.3 is 5.32 Å². The van der Waals surface area contributed by atoms with Crippen LogP contribution in [0.15, 0.2) is 91.0 Å². The number of benzene rings is 3. The maximum atomic E-state index is 13.2. The third-order valence-corrected chi connectivity index (χ3v) is 4.85. The molecular weight excluding hydrogens is 360 g/mol. The molecule has 29 heavy (non-hydrogen) atoms. The number of Topliss-reactive ketones (excluding diaryl/α,β-unsaturated/α-hetero) is 1. The number of nitrogens with one attached hydrogen (secondary N) is 1. The van der Waals surface area contributed by atoms with E-state index in [1.165, 1.54) is 6.92 Å². The Balaban J connectivity index is 1.78. The van der Waals surface area contributed by atoms with Crippen LogP contribution in [-0.4, -0.2) is 16.7 Å². The predicted octanol–water partition coefficient (Wildman–Crippen LogP) is 4.96. The molecule has 1 unspecified atom stereocenters. The van der Waals surface area contributed by atoms with E-state index in [2.05, 4.69) is 5.32 Å². The zero-order valence-electron chi connectivity index (χ0n) is 16.0. The zero-order valence-corrected chi connectivity index (χ0v) is 16.0. The van der Waals surface area contributed by atoms with Crippen LogP contribution in [0.3, 0.4) is 0 Å². The SMILES string of the molecule is CC(=O)C(NC(=O)c1cc(-c2ccccc2)nc2ccccc12)c1ccccc1. The van der Waals surface area contributed by atoms with E-state index >= 15 is 0 Å². The number of nitrogens with zero attached hydrogens (tertiary/aromatic N) is 1. The Hall–Kier alpha value is -3.79. The van der Waals surface area contributed by atoms with Gasteiger partial charge in [-0.25, -0.2) is 4.98 Å². The van der Waals surface area contributed by atoms with Crippen LogP contribution in [0.25, 0.3) is 22.2 Å². The molecule has 0 spiro atoms. The molecule has 0 saturated heterocycles. The molecule has 1 amide bonds. The number of amides is 1. The van der Waals surface area contributed by atoms with Crippen molar-refractivity contribution in [3.63, 3.8) is 0 Å². The van der Waals surface area contributed by atoms with Gasteiger partial charge in [-0.1, -0.05) is 78.9 Å². The summed E-state index contributed by atoms with van der Waals surface area (Å²) < 4.78 is 0. The fraction of sp³-hybridized carbons (Fsp3) is 0.0800. The molecule has 142 valence electrons. The molecule has 1 N–H and O–H groups in total. The summed E-state index contributed by atoms with van der Waals surface area (Å²) in [5, 5.41) is 3.65. The lowest BCUT2D eigenvalue weighted by molar-refractivity contribution is -0.118. The number of hydrogen-bond acceptors (Lipinski definition) is 3. The molecule has 4 nitrogen and oxygen atoms in total. The van der Waals surface area contributed by atoms with Crippen molar-refractivity contribution in [3.8, 4) is 11.3 Å². The number of fused-ring (bicyclic) bond motifs is 1. The quantitative estimate of drug-likeness (QED) is 0.532. The number of aromatic nitrogens is 1. The first-order valence-electron chi connectivity index (χ1n) is 9.45. The first-order valence-corrected chi connectivity index (χ1v) is 9.45. The van der Waals surface area contributed by atoms with Crippen molar-refractivity contribution < 1.29 is 9.59 Å². The standard InChI is InChI=1S/C25H20N2O2/c1-17(28)24(19-12-6-3-7-13-19)27-25(29)21-16-23(18-10-4-2-5-11-18)26-22-15-9-8-14-20(21)22/h2-16,24H,1H3,(H,27,29). The molecule has 0 aliphatic rings. The van der Waals surface area contributed by atoms with Gasteiger partial charge in [0.15, 0.2) is 5.78 Å². The molecule has 0 aliphatic heterocycles. The molecule has 0 saturated carbocycles. The van der Waals surface area contributed by atoms with Gasteiger partial charge in [0, 0.05) is 10.9 Å². The van der Waals surface area contributed by atoms with Gasteiger partial charge in [0.05, 0.1) is 16.8 Å². The monoisotopic (exact) mass is 380 g/mol. The highest BCUT2D eigenvalue weighted by Crippen LogP contribution is 2.25. The predicted molar refractivity (Wildman–Crippen MR) is 115 cm³/mol. The van der Waals surface area contributed by atoms with Crippen LogP contribution < -0.4 is 5.32 Å². The number of para-hydroxylation sites is 1. The second kappa shape index (κ2) is 8.07. The summed E-state index contributed by atoms with van der Waals surface area (Å²) in [7, 11) is 0. The minimum absolute atomic E-state index is 0.119. The Labute approximate surface area is 169 Å². The number of pyridine rings is 1. The molecule has 4 heteroatoms. The van der Waals surface area contributed by atoms with Crippen LogP contribution >= 0.6 is 0 Å². The minimum atomic E-state index is -0.698. The van der Waals surface area contributed by atoms with Crippen LogP contribution in [0, 0.1) is 0 Å². The zero-order chi connectivity index (χ0) is 20.2. The molecule has 0 radical (unpaired) electrons. The Morgan fingerprint density at radius 3 is 2.14 bits per heavy atom. The van der Waals surface area contributed by atoms with E-state index in [0.717, 1.165) is 22.0 Å². The molecule has 1 atom stereocenters. The second-order valence-electron chi connectivity index (χ2n) is 6.87. The minimum Gasteiger partial charge on any atom is -0.338 e. The first kappa shape index (κ1) is 18.6. The molecule has 3 aromatic carbocycles. The Morgan fingerprint density at radius 2 is 1.45 bits per heavy atom. The van der Waals surface area contributed by atoms with Gasteiger partial charge in [-0.05, 0) is 24.6 Å². The summed E-state index contributed by atoms with van der Waals surface area (Å²) in [6, 6.07) is 27.6.